The number of thioether (sulfide) groups is 2. The van der Waals surface area contributed by atoms with Crippen LogP contribution in [0.3, 0.4) is 0 Å². The average Bonchev–Trinajstić information content (AvgIpc) is 2.98. The van der Waals surface area contributed by atoms with Gasteiger partial charge in [-0.25, -0.2) is 9.98 Å². The number of nitrogens with one attached hydrogen (secondary N) is 2. The van der Waals surface area contributed by atoms with Crippen molar-refractivity contribution in [2.45, 2.75) is 11.9 Å². The van der Waals surface area contributed by atoms with Crippen molar-refractivity contribution in [2.75, 3.05) is 30.4 Å². The highest BCUT2D eigenvalue weighted by molar-refractivity contribution is 8.13. The fourth-order valence-corrected chi connectivity index (χ4v) is 2.99. The molecule has 1 aromatic rings. The van der Waals surface area contributed by atoms with Gasteiger partial charge in [0, 0.05) is 17.3 Å². The van der Waals surface area contributed by atoms with E-state index in [1.54, 1.807) is 6.19 Å². The van der Waals surface area contributed by atoms with Gasteiger partial charge in [-0.3, -0.25) is 10.3 Å². The first-order valence-corrected chi connectivity index (χ1v) is 9.77. The van der Waals surface area contributed by atoms with Crippen molar-refractivity contribution in [2.24, 2.45) is 15.7 Å². The molecule has 0 aliphatic rings. The van der Waals surface area contributed by atoms with Crippen molar-refractivity contribution in [3.63, 3.8) is 0 Å². The summed E-state index contributed by atoms with van der Waals surface area (Å²) in [4.78, 5) is 11.5. The molecule has 0 aliphatic heterocycles. The van der Waals surface area contributed by atoms with E-state index < -0.39 is 12.7 Å². The predicted molar refractivity (Wildman–Crippen MR) is 96.8 cm³/mol. The summed E-state index contributed by atoms with van der Waals surface area (Å²) in [5, 5.41) is 14.3. The van der Waals surface area contributed by atoms with E-state index in [1.807, 2.05) is 6.26 Å². The van der Waals surface area contributed by atoms with Crippen LogP contribution in [0.1, 0.15) is 5.82 Å². The maximum Gasteiger partial charge on any atom is 0.408 e. The van der Waals surface area contributed by atoms with E-state index in [1.165, 1.54) is 23.5 Å². The molecule has 25 heavy (non-hydrogen) atoms. The number of aromatic nitrogens is 2. The summed E-state index contributed by atoms with van der Waals surface area (Å²) in [5.41, 5.74) is 5.35. The second kappa shape index (κ2) is 11.0. The van der Waals surface area contributed by atoms with Gasteiger partial charge in [-0.15, -0.1) is 0 Å². The van der Waals surface area contributed by atoms with Crippen LogP contribution in [0, 0.1) is 11.5 Å². The van der Waals surface area contributed by atoms with Gasteiger partial charge in [-0.2, -0.15) is 34.6 Å². The third kappa shape index (κ3) is 9.99. The van der Waals surface area contributed by atoms with Crippen molar-refractivity contribution in [1.29, 1.82) is 5.26 Å². The predicted octanol–water partition coefficient (Wildman–Crippen LogP) is 1.85. The largest absolute Gasteiger partial charge is 0.408 e. The molecule has 138 valence electrons. The highest BCUT2D eigenvalue weighted by Crippen LogP contribution is 2.17. The van der Waals surface area contributed by atoms with Crippen molar-refractivity contribution < 1.29 is 13.2 Å². The number of nitriles is 1. The molecule has 0 saturated carbocycles. The molecule has 14 heteroatoms. The zero-order valence-electron chi connectivity index (χ0n) is 13.0. The summed E-state index contributed by atoms with van der Waals surface area (Å²) in [7, 11) is 0. The number of amidine groups is 1. The van der Waals surface area contributed by atoms with E-state index in [2.05, 4.69) is 30.0 Å². The third-order valence-corrected chi connectivity index (χ3v) is 4.43. The minimum atomic E-state index is -4.41. The molecule has 0 radical (unpaired) electrons. The maximum atomic E-state index is 12.0. The summed E-state index contributed by atoms with van der Waals surface area (Å²) in [6.45, 7) is -0.825. The number of halogens is 3. The van der Waals surface area contributed by atoms with Crippen LogP contribution in [0.25, 0.3) is 0 Å². The molecule has 0 spiro atoms. The lowest BCUT2D eigenvalue weighted by Gasteiger charge is -2.03. The number of nitrogens with two attached hydrogens (primary N) is 1. The monoisotopic (exact) mass is 412 g/mol. The first kappa shape index (κ1) is 21.3. The Hall–Kier alpha value is -1.72. The lowest BCUT2D eigenvalue weighted by atomic mass is 10.6. The molecule has 0 fully saturated rings. The van der Waals surface area contributed by atoms with Gasteiger partial charge in [0.05, 0.1) is 12.3 Å². The molecule has 1 aromatic heterocycles. The van der Waals surface area contributed by atoms with Crippen LogP contribution in [-0.2, 0) is 5.75 Å². The van der Waals surface area contributed by atoms with E-state index in [4.69, 9.17) is 11.0 Å². The average molecular weight is 412 g/mol. The molecule has 0 aliphatic carbocycles. The Labute approximate surface area is 154 Å². The minimum absolute atomic E-state index is 0.278. The number of aliphatic imine (C=N–C) groups is 2. The summed E-state index contributed by atoms with van der Waals surface area (Å²) in [6.07, 6.45) is -0.788. The second-order valence-corrected chi connectivity index (χ2v) is 6.79. The van der Waals surface area contributed by atoms with Gasteiger partial charge in [-0.1, -0.05) is 11.8 Å². The zero-order valence-corrected chi connectivity index (χ0v) is 15.4. The molecule has 0 aromatic carbocycles. The lowest BCUT2D eigenvalue weighted by Crippen LogP contribution is -2.25. The first-order chi connectivity index (χ1) is 11.8. The molecule has 0 saturated heterocycles. The van der Waals surface area contributed by atoms with Crippen LogP contribution in [0.2, 0.25) is 0 Å². The fraction of sp³-hybridized carbons (Fsp3) is 0.545. The molecule has 0 bridgehead atoms. The standard InChI is InChI=1S/C11H15F3N8S3/c1-23-9(19-6-15)17-2-3-24-4-7-20-10(25-22-7)21-8(16)18-5-11(12,13)14/h2-5H2,1H3,(H,17,19)(H3,16,18,20,21,22). The highest BCUT2D eigenvalue weighted by Gasteiger charge is 2.26. The van der Waals surface area contributed by atoms with Gasteiger partial charge in [0.1, 0.15) is 6.54 Å². The van der Waals surface area contributed by atoms with Crippen LogP contribution in [0.5, 0.6) is 0 Å². The van der Waals surface area contributed by atoms with Crippen LogP contribution < -0.4 is 16.4 Å². The smallest absolute Gasteiger partial charge is 0.370 e. The Bertz CT molecular complexity index is 637. The Balaban J connectivity index is 2.35. The molecule has 1 rings (SSSR count). The van der Waals surface area contributed by atoms with Gasteiger partial charge in [-0.05, 0) is 6.26 Å². The minimum Gasteiger partial charge on any atom is -0.370 e. The number of anilines is 1. The Kier molecular flexibility index (Phi) is 9.39. The summed E-state index contributed by atoms with van der Waals surface area (Å²) in [6, 6.07) is 0. The molecular formula is C11H15F3N8S3. The zero-order chi connectivity index (χ0) is 18.7. The molecule has 8 nitrogen and oxygen atoms in total. The van der Waals surface area contributed by atoms with Gasteiger partial charge in [0.25, 0.3) is 0 Å². The summed E-state index contributed by atoms with van der Waals surface area (Å²) < 4.78 is 40.2. The van der Waals surface area contributed by atoms with E-state index in [9.17, 15) is 13.2 Å². The molecule has 4 N–H and O–H groups in total. The van der Waals surface area contributed by atoms with Crippen LogP contribution in [0.4, 0.5) is 18.3 Å². The number of nitrogens with zero attached hydrogens (tertiary/aromatic N) is 5. The molecule has 1 heterocycles. The van der Waals surface area contributed by atoms with Crippen molar-refractivity contribution in [3.05, 3.63) is 5.82 Å². The molecule has 0 atom stereocenters. The second-order valence-electron chi connectivity index (χ2n) is 4.14. The Morgan fingerprint density at radius 1 is 1.44 bits per heavy atom. The Morgan fingerprint density at radius 3 is 2.84 bits per heavy atom. The number of guanidine groups is 1. The maximum absolute atomic E-state index is 12.0. The topological polar surface area (TPSA) is 124 Å². The third-order valence-electron chi connectivity index (χ3n) is 2.21. The van der Waals surface area contributed by atoms with Gasteiger partial charge >= 0.3 is 6.18 Å². The van der Waals surface area contributed by atoms with Gasteiger partial charge < -0.3 is 11.1 Å². The molecular weight excluding hydrogens is 397 g/mol. The first-order valence-electron chi connectivity index (χ1n) is 6.61. The number of hydrogen-bond donors (Lipinski definition) is 3. The van der Waals surface area contributed by atoms with Crippen molar-refractivity contribution in [3.8, 4) is 6.19 Å². The fourth-order valence-electron chi connectivity index (χ4n) is 1.27. The SMILES string of the molecule is CSC(=NCCSCc1nsc(NC(N)=NCC(F)(F)F)n1)NC#N. The van der Waals surface area contributed by atoms with Gasteiger partial charge in [0.2, 0.25) is 5.13 Å². The Morgan fingerprint density at radius 2 is 2.20 bits per heavy atom. The normalized spacial score (nSPS) is 12.8. The summed E-state index contributed by atoms with van der Waals surface area (Å²) in [5.74, 6) is 1.39. The van der Waals surface area contributed by atoms with Crippen molar-refractivity contribution >= 4 is 51.3 Å². The van der Waals surface area contributed by atoms with Crippen molar-refractivity contribution in [1.82, 2.24) is 14.7 Å². The number of rotatable bonds is 7. The van der Waals surface area contributed by atoms with E-state index >= 15 is 0 Å². The van der Waals surface area contributed by atoms with Crippen LogP contribution in [0.15, 0.2) is 9.98 Å². The quantitative estimate of drug-likeness (QED) is 0.204. The van der Waals surface area contributed by atoms with Crippen LogP contribution in [-0.4, -0.2) is 51.8 Å². The van der Waals surface area contributed by atoms with E-state index in [0.29, 0.717) is 29.0 Å². The molecule has 0 amide bonds. The number of alkyl halides is 3. The van der Waals surface area contributed by atoms with E-state index in [-0.39, 0.29) is 11.1 Å². The lowest BCUT2D eigenvalue weighted by molar-refractivity contribution is -0.118. The van der Waals surface area contributed by atoms with E-state index in [0.717, 1.165) is 11.5 Å². The number of hydrogen-bond acceptors (Lipinski definition) is 8. The van der Waals surface area contributed by atoms with Gasteiger partial charge in [0.15, 0.2) is 23.1 Å². The highest BCUT2D eigenvalue weighted by atomic mass is 32.2. The van der Waals surface area contributed by atoms with Crippen LogP contribution >= 0.6 is 35.1 Å². The summed E-state index contributed by atoms with van der Waals surface area (Å²) >= 11 is 3.87. The molecule has 0 unspecified atom stereocenters.